The Morgan fingerprint density at radius 2 is 1.75 bits per heavy atom. The minimum absolute atomic E-state index is 0.0653. The molecular formula is C31H34N4O5. The molecule has 1 aromatic heterocycles. The van der Waals surface area contributed by atoms with Gasteiger partial charge in [0.05, 0.1) is 25.2 Å². The molecule has 9 nitrogen and oxygen atoms in total. The summed E-state index contributed by atoms with van der Waals surface area (Å²) in [5, 5.41) is 17.5. The van der Waals surface area contributed by atoms with Crippen LogP contribution in [0.3, 0.4) is 0 Å². The molecule has 0 aliphatic rings. The van der Waals surface area contributed by atoms with E-state index in [1.165, 1.54) is 0 Å². The summed E-state index contributed by atoms with van der Waals surface area (Å²) >= 11 is 0. The van der Waals surface area contributed by atoms with Crippen molar-refractivity contribution in [2.24, 2.45) is 0 Å². The summed E-state index contributed by atoms with van der Waals surface area (Å²) in [6.45, 7) is 6.14. The average molecular weight is 543 g/mol. The number of pyridine rings is 1. The normalized spacial score (nSPS) is 12.5. The Morgan fingerprint density at radius 1 is 0.975 bits per heavy atom. The monoisotopic (exact) mass is 542 g/mol. The number of carboxylic acid groups (broad SMARTS) is 1. The molecule has 208 valence electrons. The fraction of sp³-hybridized carbons (Fsp3) is 0.258. The van der Waals surface area contributed by atoms with Gasteiger partial charge >= 0.3 is 5.97 Å². The predicted octanol–water partition coefficient (Wildman–Crippen LogP) is 5.49. The number of nitrogens with zero attached hydrogens (tertiary/aromatic N) is 1. The van der Waals surface area contributed by atoms with Crippen molar-refractivity contribution in [1.29, 1.82) is 0 Å². The number of ether oxygens (including phenoxy) is 2. The number of rotatable bonds is 12. The van der Waals surface area contributed by atoms with Crippen molar-refractivity contribution < 1.29 is 24.2 Å². The van der Waals surface area contributed by atoms with Crippen LogP contribution in [-0.4, -0.2) is 34.7 Å². The van der Waals surface area contributed by atoms with Gasteiger partial charge in [0.2, 0.25) is 5.91 Å². The second-order valence-corrected chi connectivity index (χ2v) is 9.58. The third-order valence-electron chi connectivity index (χ3n) is 6.23. The summed E-state index contributed by atoms with van der Waals surface area (Å²) in [5.74, 6) is 0.0784. The van der Waals surface area contributed by atoms with E-state index in [4.69, 9.17) is 15.2 Å². The zero-order valence-corrected chi connectivity index (χ0v) is 22.8. The van der Waals surface area contributed by atoms with E-state index in [1.807, 2.05) is 63.2 Å². The van der Waals surface area contributed by atoms with E-state index in [0.29, 0.717) is 40.7 Å². The lowest BCUT2D eigenvalue weighted by atomic mass is 10.0. The van der Waals surface area contributed by atoms with Gasteiger partial charge in [0.15, 0.2) is 11.5 Å². The molecule has 1 heterocycles. The number of hydrogen-bond acceptors (Lipinski definition) is 7. The van der Waals surface area contributed by atoms with Gasteiger partial charge in [-0.15, -0.1) is 0 Å². The largest absolute Gasteiger partial charge is 0.490 e. The quantitative estimate of drug-likeness (QED) is 0.185. The van der Waals surface area contributed by atoms with Gasteiger partial charge in [-0.25, -0.2) is 4.98 Å². The molecule has 5 N–H and O–H groups in total. The summed E-state index contributed by atoms with van der Waals surface area (Å²) in [7, 11) is 0. The van der Waals surface area contributed by atoms with Gasteiger partial charge in [-0.2, -0.15) is 0 Å². The van der Waals surface area contributed by atoms with E-state index < -0.39 is 24.0 Å². The summed E-state index contributed by atoms with van der Waals surface area (Å²) in [6, 6.07) is 20.2. The van der Waals surface area contributed by atoms with E-state index in [1.54, 1.807) is 36.5 Å². The Morgan fingerprint density at radius 3 is 2.45 bits per heavy atom. The van der Waals surface area contributed by atoms with Gasteiger partial charge in [0.25, 0.3) is 0 Å². The molecule has 40 heavy (non-hydrogen) atoms. The number of carbonyl (C=O) groups is 2. The van der Waals surface area contributed by atoms with E-state index in [0.717, 1.165) is 10.8 Å². The number of amides is 1. The minimum atomic E-state index is -1.02. The van der Waals surface area contributed by atoms with Crippen molar-refractivity contribution in [3.63, 3.8) is 0 Å². The highest BCUT2D eigenvalue weighted by Gasteiger charge is 2.27. The number of fused-ring (bicyclic) bond motifs is 1. The highest BCUT2D eigenvalue weighted by molar-refractivity contribution is 5.94. The molecule has 0 fully saturated rings. The van der Waals surface area contributed by atoms with Gasteiger partial charge in [-0.05, 0) is 73.7 Å². The summed E-state index contributed by atoms with van der Waals surface area (Å²) < 4.78 is 11.8. The highest BCUT2D eigenvalue weighted by Crippen LogP contribution is 2.34. The van der Waals surface area contributed by atoms with Crippen LogP contribution in [-0.2, 0) is 9.59 Å². The second kappa shape index (κ2) is 12.8. The molecule has 0 bridgehead atoms. The van der Waals surface area contributed by atoms with Crippen LogP contribution >= 0.6 is 0 Å². The summed E-state index contributed by atoms with van der Waals surface area (Å²) in [5.41, 5.74) is 8.01. The van der Waals surface area contributed by atoms with Crippen LogP contribution in [0.25, 0.3) is 10.8 Å². The van der Waals surface area contributed by atoms with Crippen LogP contribution in [0.1, 0.15) is 50.4 Å². The number of nitrogens with one attached hydrogen (secondary N) is 2. The lowest BCUT2D eigenvalue weighted by molar-refractivity contribution is -0.137. The van der Waals surface area contributed by atoms with E-state index in [-0.39, 0.29) is 12.5 Å². The van der Waals surface area contributed by atoms with Crippen molar-refractivity contribution in [2.45, 2.75) is 45.4 Å². The molecule has 2 atom stereocenters. The Labute approximate surface area is 233 Å². The van der Waals surface area contributed by atoms with Crippen LogP contribution in [0.2, 0.25) is 0 Å². The molecule has 0 aliphatic heterocycles. The molecule has 9 heteroatoms. The molecule has 0 radical (unpaired) electrons. The minimum Gasteiger partial charge on any atom is -0.490 e. The third-order valence-corrected chi connectivity index (χ3v) is 6.23. The SMILES string of the molecule is CCOc1cc(C(Nc2ccc3c(N)nccc3c2)C(=O)N[C@H](CC(=O)O)c2ccccc2)ccc1OC(C)C. The van der Waals surface area contributed by atoms with Crippen LogP contribution < -0.4 is 25.8 Å². The number of aromatic nitrogens is 1. The molecule has 3 aromatic carbocycles. The highest BCUT2D eigenvalue weighted by atomic mass is 16.5. The maximum atomic E-state index is 13.9. The molecule has 4 rings (SSSR count). The van der Waals surface area contributed by atoms with Gasteiger partial charge in [-0.3, -0.25) is 9.59 Å². The van der Waals surface area contributed by atoms with E-state index in [9.17, 15) is 14.7 Å². The lowest BCUT2D eigenvalue weighted by Gasteiger charge is -2.25. The van der Waals surface area contributed by atoms with Gasteiger partial charge in [0, 0.05) is 17.3 Å². The number of carboxylic acids is 1. The van der Waals surface area contributed by atoms with E-state index >= 15 is 0 Å². The fourth-order valence-electron chi connectivity index (χ4n) is 4.45. The van der Waals surface area contributed by atoms with Crippen LogP contribution in [0.4, 0.5) is 11.5 Å². The van der Waals surface area contributed by atoms with E-state index in [2.05, 4.69) is 15.6 Å². The first-order valence-corrected chi connectivity index (χ1v) is 13.2. The smallest absolute Gasteiger partial charge is 0.305 e. The number of carbonyl (C=O) groups excluding carboxylic acids is 1. The molecule has 1 unspecified atom stereocenters. The van der Waals surface area contributed by atoms with Gasteiger partial charge in [-0.1, -0.05) is 36.4 Å². The first-order chi connectivity index (χ1) is 19.2. The topological polar surface area (TPSA) is 136 Å². The van der Waals surface area contributed by atoms with Gasteiger partial charge in [0.1, 0.15) is 11.9 Å². The van der Waals surface area contributed by atoms with Crippen molar-refractivity contribution in [1.82, 2.24) is 10.3 Å². The Bertz CT molecular complexity index is 1480. The first kappa shape index (κ1) is 28.2. The number of nitrogen functional groups attached to an aromatic ring is 1. The number of aliphatic carboxylic acids is 1. The summed E-state index contributed by atoms with van der Waals surface area (Å²) in [6.07, 6.45) is 1.30. The molecule has 0 spiro atoms. The van der Waals surface area contributed by atoms with Gasteiger partial charge < -0.3 is 30.9 Å². The molecule has 4 aromatic rings. The van der Waals surface area contributed by atoms with Crippen molar-refractivity contribution >= 4 is 34.2 Å². The molecule has 0 aliphatic carbocycles. The van der Waals surface area contributed by atoms with Crippen LogP contribution in [0, 0.1) is 0 Å². The average Bonchev–Trinajstić information content (AvgIpc) is 2.92. The molecule has 0 saturated heterocycles. The van der Waals surface area contributed by atoms with Crippen molar-refractivity contribution in [2.75, 3.05) is 17.7 Å². The predicted molar refractivity (Wildman–Crippen MR) is 155 cm³/mol. The molecular weight excluding hydrogens is 508 g/mol. The fourth-order valence-corrected chi connectivity index (χ4v) is 4.45. The maximum absolute atomic E-state index is 13.9. The first-order valence-electron chi connectivity index (χ1n) is 13.2. The summed E-state index contributed by atoms with van der Waals surface area (Å²) in [4.78, 5) is 29.7. The number of nitrogens with two attached hydrogens (primary N) is 1. The zero-order chi connectivity index (χ0) is 28.6. The Kier molecular flexibility index (Phi) is 9.06. The van der Waals surface area contributed by atoms with Crippen molar-refractivity contribution in [3.8, 4) is 11.5 Å². The third kappa shape index (κ3) is 6.99. The van der Waals surface area contributed by atoms with Crippen LogP contribution in [0.15, 0.2) is 79.0 Å². The molecule has 0 saturated carbocycles. The standard InChI is InChI=1S/C31H34N4O5/c1-4-39-27-17-22(10-13-26(27)40-19(2)3)29(34-23-11-12-24-21(16-23)14-15-33-30(24)32)31(38)35-25(18-28(36)37)20-8-6-5-7-9-20/h5-17,19,25,29,34H,4,18H2,1-3H3,(H2,32,33)(H,35,38)(H,36,37)/t25-,29?/m1/s1. The lowest BCUT2D eigenvalue weighted by Crippen LogP contribution is -2.37. The number of hydrogen-bond donors (Lipinski definition) is 4. The Hall–Kier alpha value is -4.79. The number of anilines is 2. The Balaban J connectivity index is 1.73. The van der Waals surface area contributed by atoms with Crippen LogP contribution in [0.5, 0.6) is 11.5 Å². The molecule has 1 amide bonds. The zero-order valence-electron chi connectivity index (χ0n) is 22.8. The number of benzene rings is 3. The van der Waals surface area contributed by atoms with Crippen molar-refractivity contribution in [3.05, 3.63) is 90.1 Å². The second-order valence-electron chi connectivity index (χ2n) is 9.58. The maximum Gasteiger partial charge on any atom is 0.305 e.